The second-order valence-corrected chi connectivity index (χ2v) is 5.81. The molecule has 0 saturated heterocycles. The molecule has 2 aromatic rings. The minimum absolute atomic E-state index is 0.0338. The van der Waals surface area contributed by atoms with Crippen molar-refractivity contribution in [1.82, 2.24) is 15.0 Å². The molecule has 158 valence electrons. The smallest absolute Gasteiger partial charge is 0.486 e. The zero-order valence-electron chi connectivity index (χ0n) is 15.3. The van der Waals surface area contributed by atoms with E-state index in [2.05, 4.69) is 10.1 Å². The lowest BCUT2D eigenvalue weighted by molar-refractivity contribution is -0.192. The van der Waals surface area contributed by atoms with Gasteiger partial charge in [0.2, 0.25) is 5.91 Å². The van der Waals surface area contributed by atoms with E-state index in [0.717, 1.165) is 11.3 Å². The fourth-order valence-electron chi connectivity index (χ4n) is 2.39. The average Bonchev–Trinajstić information content (AvgIpc) is 3.09. The molecule has 0 aliphatic carbocycles. The first-order chi connectivity index (χ1) is 13.7. The number of alkyl halides is 3. The predicted molar refractivity (Wildman–Crippen MR) is 89.8 cm³/mol. The maximum absolute atomic E-state index is 11.9. The normalized spacial score (nSPS) is 13.2. The molecule has 29 heavy (non-hydrogen) atoms. The van der Waals surface area contributed by atoms with Crippen LogP contribution in [-0.4, -0.2) is 58.5 Å². The predicted octanol–water partition coefficient (Wildman–Crippen LogP) is 1.81. The molecule has 1 amide bonds. The Hall–Kier alpha value is -3.15. The summed E-state index contributed by atoms with van der Waals surface area (Å²) in [6.07, 6.45) is -1.10. The molecule has 0 fully saturated rings. The summed E-state index contributed by atoms with van der Waals surface area (Å²) in [5.74, 6) is -1.30. The van der Waals surface area contributed by atoms with Crippen molar-refractivity contribution in [3.05, 3.63) is 41.5 Å². The van der Waals surface area contributed by atoms with Gasteiger partial charge in [0, 0.05) is 31.8 Å². The van der Waals surface area contributed by atoms with E-state index in [1.165, 1.54) is 7.11 Å². The number of carbonyl (C=O) groups is 2. The number of methoxy groups -OCH3 is 1. The van der Waals surface area contributed by atoms with Gasteiger partial charge in [-0.05, 0) is 12.1 Å². The summed E-state index contributed by atoms with van der Waals surface area (Å²) in [7, 11) is 1.51. The van der Waals surface area contributed by atoms with Crippen LogP contribution in [0.2, 0.25) is 0 Å². The van der Waals surface area contributed by atoms with Gasteiger partial charge in [-0.2, -0.15) is 13.2 Å². The van der Waals surface area contributed by atoms with Gasteiger partial charge in [-0.1, -0.05) is 5.16 Å². The number of aliphatic carboxylic acids is 1. The number of aromatic nitrogens is 2. The molecule has 0 spiro atoms. The number of carboxylic acids is 1. The van der Waals surface area contributed by atoms with Gasteiger partial charge >= 0.3 is 12.1 Å². The maximum atomic E-state index is 11.9. The maximum Gasteiger partial charge on any atom is 0.490 e. The SMILES string of the molecule is COCC(=O)N1CCc2onc(COc3cccnc3)c2C1.O=C(O)C(F)(F)F. The minimum Gasteiger partial charge on any atom is -0.486 e. The summed E-state index contributed by atoms with van der Waals surface area (Å²) in [4.78, 5) is 26.6. The van der Waals surface area contributed by atoms with Gasteiger partial charge in [-0.25, -0.2) is 4.79 Å². The summed E-state index contributed by atoms with van der Waals surface area (Å²) < 4.78 is 47.6. The Morgan fingerprint density at radius 3 is 2.69 bits per heavy atom. The van der Waals surface area contributed by atoms with Gasteiger partial charge in [-0.3, -0.25) is 9.78 Å². The molecule has 3 heterocycles. The molecule has 9 nitrogen and oxygen atoms in total. The number of amides is 1. The lowest BCUT2D eigenvalue weighted by atomic mass is 10.1. The highest BCUT2D eigenvalue weighted by atomic mass is 19.4. The summed E-state index contributed by atoms with van der Waals surface area (Å²) in [6.45, 7) is 1.47. The highest BCUT2D eigenvalue weighted by Gasteiger charge is 2.38. The Morgan fingerprint density at radius 2 is 2.10 bits per heavy atom. The molecule has 0 aromatic carbocycles. The van der Waals surface area contributed by atoms with E-state index in [-0.39, 0.29) is 19.1 Å². The van der Waals surface area contributed by atoms with Crippen LogP contribution in [-0.2, 0) is 33.9 Å². The number of rotatable bonds is 5. The number of hydrogen-bond acceptors (Lipinski definition) is 7. The first kappa shape index (κ1) is 22.1. The Balaban J connectivity index is 0.000000370. The van der Waals surface area contributed by atoms with Crippen LogP contribution in [0.3, 0.4) is 0 Å². The van der Waals surface area contributed by atoms with Crippen molar-refractivity contribution in [2.45, 2.75) is 25.7 Å². The van der Waals surface area contributed by atoms with E-state index >= 15 is 0 Å². The third-order valence-electron chi connectivity index (χ3n) is 3.78. The number of fused-ring (bicyclic) bond motifs is 1. The number of ether oxygens (including phenoxy) is 2. The third kappa shape index (κ3) is 6.45. The zero-order chi connectivity index (χ0) is 21.4. The fourth-order valence-corrected chi connectivity index (χ4v) is 2.39. The molecule has 1 aliphatic heterocycles. The molecule has 0 bridgehead atoms. The van der Waals surface area contributed by atoms with Gasteiger partial charge in [-0.15, -0.1) is 0 Å². The minimum atomic E-state index is -5.08. The van der Waals surface area contributed by atoms with Crippen molar-refractivity contribution in [3.8, 4) is 5.75 Å². The summed E-state index contributed by atoms with van der Waals surface area (Å²) >= 11 is 0. The third-order valence-corrected chi connectivity index (χ3v) is 3.78. The van der Waals surface area contributed by atoms with Crippen LogP contribution in [0.25, 0.3) is 0 Å². The standard InChI is InChI=1S/C15H17N3O4.C2HF3O2/c1-20-10-15(19)18-6-4-14-12(8-18)13(17-22-14)9-21-11-3-2-5-16-7-11;3-2(4,5)1(6)7/h2-3,5,7H,4,6,8-10H2,1H3;(H,6,7). The topological polar surface area (TPSA) is 115 Å². The Bertz CT molecular complexity index is 826. The van der Waals surface area contributed by atoms with Crippen LogP contribution in [0, 0.1) is 0 Å². The van der Waals surface area contributed by atoms with E-state index in [4.69, 9.17) is 23.9 Å². The largest absolute Gasteiger partial charge is 0.490 e. The summed E-state index contributed by atoms with van der Waals surface area (Å²) in [5.41, 5.74) is 1.65. The number of pyridine rings is 1. The molecule has 2 aromatic heterocycles. The number of carboxylic acid groups (broad SMARTS) is 1. The van der Waals surface area contributed by atoms with E-state index in [1.807, 2.05) is 6.07 Å². The number of carbonyl (C=O) groups excluding carboxylic acids is 1. The Labute approximate surface area is 163 Å². The van der Waals surface area contributed by atoms with Crippen LogP contribution in [0.4, 0.5) is 13.2 Å². The van der Waals surface area contributed by atoms with Gasteiger partial charge in [0.25, 0.3) is 0 Å². The monoisotopic (exact) mass is 417 g/mol. The van der Waals surface area contributed by atoms with Crippen LogP contribution in [0.15, 0.2) is 29.0 Å². The summed E-state index contributed by atoms with van der Waals surface area (Å²) in [6, 6.07) is 3.63. The van der Waals surface area contributed by atoms with E-state index < -0.39 is 12.1 Å². The van der Waals surface area contributed by atoms with Crippen molar-refractivity contribution >= 4 is 11.9 Å². The van der Waals surface area contributed by atoms with Gasteiger partial charge in [0.15, 0.2) is 0 Å². The molecule has 1 aliphatic rings. The fraction of sp³-hybridized carbons (Fsp3) is 0.412. The van der Waals surface area contributed by atoms with E-state index in [1.54, 1.807) is 23.4 Å². The van der Waals surface area contributed by atoms with Crippen LogP contribution < -0.4 is 4.74 Å². The average molecular weight is 417 g/mol. The molecule has 12 heteroatoms. The quantitative estimate of drug-likeness (QED) is 0.783. The van der Waals surface area contributed by atoms with Crippen LogP contribution in [0.5, 0.6) is 5.75 Å². The van der Waals surface area contributed by atoms with E-state index in [9.17, 15) is 18.0 Å². The second-order valence-electron chi connectivity index (χ2n) is 5.81. The molecule has 3 rings (SSSR count). The number of hydrogen-bond donors (Lipinski definition) is 1. The molecule has 1 N–H and O–H groups in total. The first-order valence-corrected chi connectivity index (χ1v) is 8.28. The van der Waals surface area contributed by atoms with E-state index in [0.29, 0.717) is 31.0 Å². The zero-order valence-corrected chi connectivity index (χ0v) is 15.3. The van der Waals surface area contributed by atoms with Gasteiger partial charge < -0.3 is 24.0 Å². The Morgan fingerprint density at radius 1 is 1.38 bits per heavy atom. The lowest BCUT2D eigenvalue weighted by Gasteiger charge is -2.26. The van der Waals surface area contributed by atoms with Crippen LogP contribution >= 0.6 is 0 Å². The second kappa shape index (κ2) is 9.87. The van der Waals surface area contributed by atoms with Crippen LogP contribution in [0.1, 0.15) is 17.0 Å². The van der Waals surface area contributed by atoms with Crippen molar-refractivity contribution in [3.63, 3.8) is 0 Å². The number of nitrogens with zero attached hydrogens (tertiary/aromatic N) is 3. The first-order valence-electron chi connectivity index (χ1n) is 8.28. The highest BCUT2D eigenvalue weighted by Crippen LogP contribution is 2.23. The molecular weight excluding hydrogens is 399 g/mol. The molecular formula is C17H18F3N3O6. The molecule has 0 saturated carbocycles. The highest BCUT2D eigenvalue weighted by molar-refractivity contribution is 5.77. The molecule has 0 unspecified atom stereocenters. The number of halogens is 3. The van der Waals surface area contributed by atoms with Gasteiger partial charge in [0.05, 0.1) is 12.7 Å². The van der Waals surface area contributed by atoms with Crippen molar-refractivity contribution in [1.29, 1.82) is 0 Å². The Kier molecular flexibility index (Phi) is 7.53. The van der Waals surface area contributed by atoms with Crippen molar-refractivity contribution in [2.75, 3.05) is 20.3 Å². The van der Waals surface area contributed by atoms with Crippen molar-refractivity contribution in [2.24, 2.45) is 0 Å². The lowest BCUT2D eigenvalue weighted by Crippen LogP contribution is -2.38. The molecule has 0 radical (unpaired) electrons. The van der Waals surface area contributed by atoms with Crippen molar-refractivity contribution < 1.29 is 41.9 Å². The molecule has 0 atom stereocenters. The van der Waals surface area contributed by atoms with Gasteiger partial charge in [0.1, 0.15) is 30.4 Å². The summed E-state index contributed by atoms with van der Waals surface area (Å²) in [5, 5.41) is 11.2.